The molecule has 0 radical (unpaired) electrons. The molecule has 2 saturated heterocycles. The molecule has 6 nitrogen and oxygen atoms in total. The molecule has 0 bridgehead atoms. The second-order valence-electron chi connectivity index (χ2n) is 9.31. The highest BCUT2D eigenvalue weighted by atomic mass is 16.5. The second kappa shape index (κ2) is 11.6. The number of ether oxygens (including phenoxy) is 2. The summed E-state index contributed by atoms with van der Waals surface area (Å²) in [7, 11) is 0. The molecule has 178 valence electrons. The van der Waals surface area contributed by atoms with Crippen molar-refractivity contribution < 1.29 is 14.3 Å². The van der Waals surface area contributed by atoms with Crippen LogP contribution in [0.3, 0.4) is 0 Å². The van der Waals surface area contributed by atoms with Crippen LogP contribution < -0.4 is 4.74 Å². The lowest BCUT2D eigenvalue weighted by molar-refractivity contribution is -0.161. The lowest BCUT2D eigenvalue weighted by Crippen LogP contribution is -2.54. The van der Waals surface area contributed by atoms with Crippen LogP contribution in [0.1, 0.15) is 44.7 Å². The van der Waals surface area contributed by atoms with Crippen LogP contribution in [-0.4, -0.2) is 66.2 Å². The van der Waals surface area contributed by atoms with Crippen molar-refractivity contribution >= 4 is 5.97 Å². The van der Waals surface area contributed by atoms with Crippen LogP contribution in [-0.2, 0) is 16.1 Å². The van der Waals surface area contributed by atoms with Crippen LogP contribution >= 0.6 is 0 Å². The number of carbonyl (C=O) groups excluding carboxylic acids is 1. The summed E-state index contributed by atoms with van der Waals surface area (Å²) in [4.78, 5) is 22.7. The minimum Gasteiger partial charge on any atom is -0.494 e. The van der Waals surface area contributed by atoms with E-state index >= 15 is 0 Å². The molecule has 2 aromatic rings. The first-order valence-electron chi connectivity index (χ1n) is 12.4. The Morgan fingerprint density at radius 2 is 1.88 bits per heavy atom. The molecule has 0 amide bonds. The number of nitrogens with zero attached hydrogens (tertiary/aromatic N) is 3. The van der Waals surface area contributed by atoms with E-state index in [4.69, 9.17) is 9.47 Å². The quantitative estimate of drug-likeness (QED) is 0.534. The summed E-state index contributed by atoms with van der Waals surface area (Å²) < 4.78 is 11.5. The van der Waals surface area contributed by atoms with Crippen molar-refractivity contribution in [2.45, 2.75) is 51.6 Å². The molecule has 1 aromatic heterocycles. The molecule has 4 rings (SSSR count). The molecule has 1 atom stereocenters. The Balaban J connectivity index is 1.34. The minimum atomic E-state index is -0.478. The zero-order valence-corrected chi connectivity index (χ0v) is 19.8. The maximum Gasteiger partial charge on any atom is 0.313 e. The number of rotatable bonds is 9. The van der Waals surface area contributed by atoms with Crippen LogP contribution in [0, 0.1) is 5.41 Å². The Morgan fingerprint density at radius 1 is 1.09 bits per heavy atom. The molecule has 0 saturated carbocycles. The number of hydrogen-bond donors (Lipinski definition) is 0. The number of esters is 1. The molecule has 6 heteroatoms. The van der Waals surface area contributed by atoms with Crippen LogP contribution in [0.5, 0.6) is 5.75 Å². The first kappa shape index (κ1) is 23.7. The number of carbonyl (C=O) groups is 1. The van der Waals surface area contributed by atoms with Gasteiger partial charge in [-0.3, -0.25) is 19.6 Å². The van der Waals surface area contributed by atoms with E-state index < -0.39 is 5.41 Å². The van der Waals surface area contributed by atoms with Gasteiger partial charge in [0.25, 0.3) is 0 Å². The Bertz CT molecular complexity index is 855. The molecular formula is C27H37N3O3. The van der Waals surface area contributed by atoms with Crippen molar-refractivity contribution in [1.29, 1.82) is 0 Å². The third kappa shape index (κ3) is 6.33. The fourth-order valence-electron chi connectivity index (χ4n) is 5.28. The average Bonchev–Trinajstić information content (AvgIpc) is 2.86. The zero-order chi connectivity index (χ0) is 22.9. The van der Waals surface area contributed by atoms with Gasteiger partial charge in [0, 0.05) is 38.4 Å². The van der Waals surface area contributed by atoms with Crippen molar-refractivity contribution in [3.63, 3.8) is 0 Å². The maximum atomic E-state index is 13.1. The van der Waals surface area contributed by atoms with Gasteiger partial charge >= 0.3 is 5.97 Å². The maximum absolute atomic E-state index is 13.1. The number of hydrogen-bond acceptors (Lipinski definition) is 6. The van der Waals surface area contributed by atoms with Crippen molar-refractivity contribution in [3.8, 4) is 5.75 Å². The Morgan fingerprint density at radius 3 is 2.61 bits per heavy atom. The van der Waals surface area contributed by atoms with Crippen molar-refractivity contribution in [3.05, 3.63) is 60.4 Å². The molecule has 3 heterocycles. The van der Waals surface area contributed by atoms with Gasteiger partial charge in [-0.25, -0.2) is 0 Å². The highest BCUT2D eigenvalue weighted by Crippen LogP contribution is 2.37. The molecule has 2 aliphatic heterocycles. The monoisotopic (exact) mass is 451 g/mol. The Labute approximate surface area is 197 Å². The minimum absolute atomic E-state index is 0.0565. The van der Waals surface area contributed by atoms with E-state index in [0.717, 1.165) is 69.9 Å². The molecule has 0 spiro atoms. The van der Waals surface area contributed by atoms with E-state index in [9.17, 15) is 4.79 Å². The fourth-order valence-corrected chi connectivity index (χ4v) is 5.28. The van der Waals surface area contributed by atoms with Gasteiger partial charge in [-0.05, 0) is 69.8 Å². The lowest BCUT2D eigenvalue weighted by atomic mass is 9.76. The van der Waals surface area contributed by atoms with Gasteiger partial charge in [0.15, 0.2) is 0 Å². The topological polar surface area (TPSA) is 54.9 Å². The first-order valence-corrected chi connectivity index (χ1v) is 12.4. The third-order valence-corrected chi connectivity index (χ3v) is 7.09. The largest absolute Gasteiger partial charge is 0.494 e. The Kier molecular flexibility index (Phi) is 8.35. The van der Waals surface area contributed by atoms with E-state index in [0.29, 0.717) is 25.7 Å². The smallest absolute Gasteiger partial charge is 0.313 e. The highest BCUT2D eigenvalue weighted by molar-refractivity contribution is 5.77. The zero-order valence-electron chi connectivity index (χ0n) is 19.8. The molecule has 2 fully saturated rings. The van der Waals surface area contributed by atoms with E-state index in [1.165, 1.54) is 0 Å². The first-order chi connectivity index (χ1) is 16.2. The van der Waals surface area contributed by atoms with E-state index in [1.54, 1.807) is 0 Å². The molecule has 1 aromatic carbocycles. The number of pyridine rings is 1. The number of aromatic nitrogens is 1. The van der Waals surface area contributed by atoms with Crippen molar-refractivity contribution in [1.82, 2.24) is 14.8 Å². The summed E-state index contributed by atoms with van der Waals surface area (Å²) >= 11 is 0. The second-order valence-corrected chi connectivity index (χ2v) is 9.31. The molecule has 0 aliphatic carbocycles. The van der Waals surface area contributed by atoms with Crippen LogP contribution in [0.25, 0.3) is 0 Å². The van der Waals surface area contributed by atoms with Gasteiger partial charge in [0.2, 0.25) is 0 Å². The SMILES string of the molecule is CCOC(=O)C1(CCOc2ccccc2)CCCN(C2CCN(Cc3ccccn3)CC2)C1. The van der Waals surface area contributed by atoms with E-state index in [2.05, 4.69) is 26.9 Å². The summed E-state index contributed by atoms with van der Waals surface area (Å²) in [6.45, 7) is 7.73. The van der Waals surface area contributed by atoms with Crippen LogP contribution in [0.4, 0.5) is 0 Å². The molecular weight excluding hydrogens is 414 g/mol. The highest BCUT2D eigenvalue weighted by Gasteiger charge is 2.45. The average molecular weight is 452 g/mol. The molecule has 33 heavy (non-hydrogen) atoms. The van der Waals surface area contributed by atoms with Gasteiger partial charge in [-0.1, -0.05) is 24.3 Å². The van der Waals surface area contributed by atoms with Gasteiger partial charge in [0.05, 0.1) is 24.3 Å². The number of piperidine rings is 2. The van der Waals surface area contributed by atoms with Gasteiger partial charge in [-0.2, -0.15) is 0 Å². The normalized spacial score (nSPS) is 22.7. The van der Waals surface area contributed by atoms with Crippen LogP contribution in [0.2, 0.25) is 0 Å². The summed E-state index contributed by atoms with van der Waals surface area (Å²) in [6, 6.07) is 16.5. The molecule has 0 N–H and O–H groups in total. The van der Waals surface area contributed by atoms with Gasteiger partial charge < -0.3 is 9.47 Å². The fraction of sp³-hybridized carbons (Fsp3) is 0.556. The molecule has 2 aliphatic rings. The van der Waals surface area contributed by atoms with Crippen molar-refractivity contribution in [2.75, 3.05) is 39.4 Å². The number of benzene rings is 1. The summed E-state index contributed by atoms with van der Waals surface area (Å²) in [5, 5.41) is 0. The van der Waals surface area contributed by atoms with E-state index in [-0.39, 0.29) is 5.97 Å². The standard InChI is InChI=1S/C27H37N3O3/c1-2-32-26(31)27(15-20-33-25-10-4-3-5-11-25)14-8-17-30(22-27)24-12-18-29(19-13-24)21-23-9-6-7-16-28-23/h3-7,9-11,16,24H,2,8,12-15,17-22H2,1H3. The van der Waals surface area contributed by atoms with E-state index in [1.807, 2.05) is 49.5 Å². The predicted octanol–water partition coefficient (Wildman–Crippen LogP) is 4.16. The summed E-state index contributed by atoms with van der Waals surface area (Å²) in [6.07, 6.45) is 6.72. The summed E-state index contributed by atoms with van der Waals surface area (Å²) in [5.41, 5.74) is 0.655. The van der Waals surface area contributed by atoms with Crippen LogP contribution in [0.15, 0.2) is 54.7 Å². The number of likely N-dealkylation sites (tertiary alicyclic amines) is 2. The number of para-hydroxylation sites is 1. The Hall–Kier alpha value is -2.44. The third-order valence-electron chi connectivity index (χ3n) is 7.09. The van der Waals surface area contributed by atoms with Gasteiger partial charge in [-0.15, -0.1) is 0 Å². The molecule has 1 unspecified atom stereocenters. The summed E-state index contributed by atoms with van der Waals surface area (Å²) in [5.74, 6) is 0.795. The lowest BCUT2D eigenvalue weighted by Gasteiger charge is -2.46. The van der Waals surface area contributed by atoms with Gasteiger partial charge in [0.1, 0.15) is 5.75 Å². The predicted molar refractivity (Wildman–Crippen MR) is 129 cm³/mol. The van der Waals surface area contributed by atoms with Crippen molar-refractivity contribution in [2.24, 2.45) is 5.41 Å².